The van der Waals surface area contributed by atoms with Crippen LogP contribution < -0.4 is 5.32 Å². The van der Waals surface area contributed by atoms with Crippen LogP contribution in [-0.2, 0) is 14.8 Å². The van der Waals surface area contributed by atoms with Gasteiger partial charge < -0.3 is 9.73 Å². The highest BCUT2D eigenvalue weighted by Crippen LogP contribution is 2.29. The molecule has 0 bridgehead atoms. The van der Waals surface area contributed by atoms with Crippen LogP contribution in [0.3, 0.4) is 0 Å². The van der Waals surface area contributed by atoms with Crippen molar-refractivity contribution in [1.29, 1.82) is 0 Å². The van der Waals surface area contributed by atoms with E-state index in [4.69, 9.17) is 27.6 Å². The Morgan fingerprint density at radius 1 is 1.17 bits per heavy atom. The van der Waals surface area contributed by atoms with Crippen molar-refractivity contribution in [3.8, 4) is 0 Å². The number of hydrogen-bond donors (Lipinski definition) is 1. The molecule has 0 aliphatic carbocycles. The zero-order valence-electron chi connectivity index (χ0n) is 15.6. The molecule has 0 aliphatic rings. The lowest BCUT2D eigenvalue weighted by molar-refractivity contribution is -0.115. The van der Waals surface area contributed by atoms with E-state index >= 15 is 0 Å². The second-order valence-corrected chi connectivity index (χ2v) is 10.6. The standard InChI is InChI=1S/C18H17Cl2N3O4S2/c1-10(17(24)21-13-7-11(19)6-12(20)8-13)28-18-22-15-9-14(4-5-16(15)27-18)29(25,26)23(2)3/h4-10H,1-3H3,(H,21,24). The van der Waals surface area contributed by atoms with Crippen molar-refractivity contribution >= 4 is 67.7 Å². The highest BCUT2D eigenvalue weighted by molar-refractivity contribution is 8.00. The number of sulfonamides is 1. The summed E-state index contributed by atoms with van der Waals surface area (Å²) in [7, 11) is -0.667. The third-order valence-corrected chi connectivity index (χ3v) is 7.09. The topological polar surface area (TPSA) is 92.5 Å². The monoisotopic (exact) mass is 473 g/mol. The Kier molecular flexibility index (Phi) is 6.45. The molecule has 1 N–H and O–H groups in total. The average Bonchev–Trinajstić information content (AvgIpc) is 3.01. The summed E-state index contributed by atoms with van der Waals surface area (Å²) in [6.45, 7) is 1.70. The molecule has 1 unspecified atom stereocenters. The Balaban J connectivity index is 1.76. The van der Waals surface area contributed by atoms with Crippen LogP contribution in [0.2, 0.25) is 10.0 Å². The van der Waals surface area contributed by atoms with Crippen molar-refractivity contribution < 1.29 is 17.6 Å². The smallest absolute Gasteiger partial charge is 0.257 e. The molecule has 1 atom stereocenters. The minimum Gasteiger partial charge on any atom is -0.431 e. The first kappa shape index (κ1) is 21.9. The summed E-state index contributed by atoms with van der Waals surface area (Å²) < 4.78 is 31.3. The number of hydrogen-bond acceptors (Lipinski definition) is 6. The molecule has 3 aromatic rings. The maximum atomic E-state index is 12.4. The molecule has 0 fully saturated rings. The van der Waals surface area contributed by atoms with E-state index in [0.29, 0.717) is 26.8 Å². The first-order valence-electron chi connectivity index (χ1n) is 8.33. The van der Waals surface area contributed by atoms with Gasteiger partial charge in [-0.2, -0.15) is 0 Å². The van der Waals surface area contributed by atoms with Gasteiger partial charge in [0.15, 0.2) is 5.58 Å². The predicted molar refractivity (Wildman–Crippen MR) is 115 cm³/mol. The number of nitrogens with zero attached hydrogens (tertiary/aromatic N) is 2. The predicted octanol–water partition coefficient (Wildman–Crippen LogP) is 4.50. The summed E-state index contributed by atoms with van der Waals surface area (Å²) >= 11 is 13.0. The molecule has 11 heteroatoms. The van der Waals surface area contributed by atoms with Gasteiger partial charge in [-0.15, -0.1) is 0 Å². The molecule has 3 rings (SSSR count). The average molecular weight is 474 g/mol. The zero-order chi connectivity index (χ0) is 21.3. The maximum Gasteiger partial charge on any atom is 0.257 e. The summed E-state index contributed by atoms with van der Waals surface area (Å²) in [5, 5.41) is 3.28. The number of benzene rings is 2. The van der Waals surface area contributed by atoms with Gasteiger partial charge in [0, 0.05) is 29.8 Å². The molecule has 1 amide bonds. The lowest BCUT2D eigenvalue weighted by Crippen LogP contribution is -2.22. The molecule has 1 heterocycles. The molecule has 0 radical (unpaired) electrons. The number of carbonyl (C=O) groups excluding carboxylic acids is 1. The quantitative estimate of drug-likeness (QED) is 0.529. The summed E-state index contributed by atoms with van der Waals surface area (Å²) in [5.41, 5.74) is 1.31. The molecule has 1 aromatic heterocycles. The molecule has 0 saturated heterocycles. The van der Waals surface area contributed by atoms with E-state index in [1.54, 1.807) is 31.2 Å². The van der Waals surface area contributed by atoms with Crippen molar-refractivity contribution in [3.63, 3.8) is 0 Å². The highest BCUT2D eigenvalue weighted by atomic mass is 35.5. The Labute approximate surface area is 182 Å². The lowest BCUT2D eigenvalue weighted by Gasteiger charge is -2.10. The molecule has 7 nitrogen and oxygen atoms in total. The molecule has 154 valence electrons. The molecule has 2 aromatic carbocycles. The molecular formula is C18H17Cl2N3O4S2. The van der Waals surface area contributed by atoms with Gasteiger partial charge in [-0.3, -0.25) is 4.79 Å². The van der Waals surface area contributed by atoms with E-state index in [0.717, 1.165) is 16.1 Å². The van der Waals surface area contributed by atoms with Crippen LogP contribution >= 0.6 is 35.0 Å². The molecular weight excluding hydrogens is 457 g/mol. The first-order valence-corrected chi connectivity index (χ1v) is 11.4. The van der Waals surface area contributed by atoms with Crippen LogP contribution in [0.15, 0.2) is 50.9 Å². The fourth-order valence-electron chi connectivity index (χ4n) is 2.38. The number of oxazole rings is 1. The van der Waals surface area contributed by atoms with Crippen molar-refractivity contribution in [2.75, 3.05) is 19.4 Å². The third-order valence-electron chi connectivity index (χ3n) is 3.89. The minimum atomic E-state index is -3.58. The Morgan fingerprint density at radius 3 is 2.45 bits per heavy atom. The van der Waals surface area contributed by atoms with Crippen LogP contribution in [-0.4, -0.2) is 43.0 Å². The van der Waals surface area contributed by atoms with Crippen LogP contribution in [0, 0.1) is 0 Å². The number of rotatable bonds is 6. The SMILES string of the molecule is CC(Sc1nc2cc(S(=O)(=O)N(C)C)ccc2o1)C(=O)Nc1cc(Cl)cc(Cl)c1. The first-order chi connectivity index (χ1) is 13.6. The van der Waals surface area contributed by atoms with E-state index in [1.807, 2.05) is 0 Å². The number of amides is 1. The molecule has 0 aliphatic heterocycles. The Bertz CT molecular complexity index is 1160. The van der Waals surface area contributed by atoms with Crippen LogP contribution in [0.1, 0.15) is 6.92 Å². The number of anilines is 1. The van der Waals surface area contributed by atoms with Gasteiger partial charge in [0.25, 0.3) is 5.22 Å². The highest BCUT2D eigenvalue weighted by Gasteiger charge is 2.21. The van der Waals surface area contributed by atoms with Gasteiger partial charge in [0.2, 0.25) is 15.9 Å². The zero-order valence-corrected chi connectivity index (χ0v) is 18.8. The van der Waals surface area contributed by atoms with Crippen molar-refractivity contribution in [1.82, 2.24) is 9.29 Å². The van der Waals surface area contributed by atoms with Crippen molar-refractivity contribution in [3.05, 3.63) is 46.4 Å². The Hall–Kier alpha value is -1.78. The van der Waals surface area contributed by atoms with E-state index in [1.165, 1.54) is 26.2 Å². The maximum absolute atomic E-state index is 12.4. The second-order valence-electron chi connectivity index (χ2n) is 6.30. The number of thioether (sulfide) groups is 1. The number of fused-ring (bicyclic) bond motifs is 1. The Morgan fingerprint density at radius 2 is 1.83 bits per heavy atom. The van der Waals surface area contributed by atoms with Gasteiger partial charge in [0.1, 0.15) is 5.52 Å². The van der Waals surface area contributed by atoms with Crippen LogP contribution in [0.5, 0.6) is 0 Å². The summed E-state index contributed by atoms with van der Waals surface area (Å²) in [5.74, 6) is -0.286. The van der Waals surface area contributed by atoms with E-state index < -0.39 is 15.3 Å². The largest absolute Gasteiger partial charge is 0.431 e. The summed E-state index contributed by atoms with van der Waals surface area (Å²) in [6, 6.07) is 9.19. The van der Waals surface area contributed by atoms with E-state index in [-0.39, 0.29) is 16.0 Å². The third kappa shape index (κ3) is 5.04. The number of aromatic nitrogens is 1. The number of halogens is 2. The fourth-order valence-corrected chi connectivity index (χ4v) is 4.59. The molecule has 0 spiro atoms. The summed E-state index contributed by atoms with van der Waals surface area (Å²) in [4.78, 5) is 16.9. The normalized spacial score (nSPS) is 13.0. The molecule has 29 heavy (non-hydrogen) atoms. The van der Waals surface area contributed by atoms with E-state index in [2.05, 4.69) is 10.3 Å². The lowest BCUT2D eigenvalue weighted by atomic mass is 10.3. The van der Waals surface area contributed by atoms with Gasteiger partial charge >= 0.3 is 0 Å². The fraction of sp³-hybridized carbons (Fsp3) is 0.222. The molecule has 0 saturated carbocycles. The number of carbonyl (C=O) groups is 1. The van der Waals surface area contributed by atoms with Gasteiger partial charge in [-0.05, 0) is 43.3 Å². The van der Waals surface area contributed by atoms with E-state index in [9.17, 15) is 13.2 Å². The number of nitrogens with one attached hydrogen (secondary N) is 1. The van der Waals surface area contributed by atoms with Crippen LogP contribution in [0.4, 0.5) is 5.69 Å². The van der Waals surface area contributed by atoms with Gasteiger partial charge in [-0.1, -0.05) is 35.0 Å². The minimum absolute atomic E-state index is 0.114. The van der Waals surface area contributed by atoms with Gasteiger partial charge in [-0.25, -0.2) is 17.7 Å². The second kappa shape index (κ2) is 8.53. The van der Waals surface area contributed by atoms with Crippen molar-refractivity contribution in [2.24, 2.45) is 0 Å². The van der Waals surface area contributed by atoms with Crippen molar-refractivity contribution in [2.45, 2.75) is 22.3 Å². The van der Waals surface area contributed by atoms with Crippen LogP contribution in [0.25, 0.3) is 11.1 Å². The summed E-state index contributed by atoms with van der Waals surface area (Å²) in [6.07, 6.45) is 0. The van der Waals surface area contributed by atoms with Gasteiger partial charge in [0.05, 0.1) is 10.1 Å².